The van der Waals surface area contributed by atoms with Gasteiger partial charge in [0.1, 0.15) is 5.38 Å². The summed E-state index contributed by atoms with van der Waals surface area (Å²) in [6, 6.07) is 0. The third-order valence-corrected chi connectivity index (χ3v) is 5.01. The molecule has 1 saturated carbocycles. The number of nitrogens with zero attached hydrogens (tertiary/aromatic N) is 1. The van der Waals surface area contributed by atoms with Crippen LogP contribution in [0, 0.1) is 5.92 Å². The van der Waals surface area contributed by atoms with Crippen LogP contribution in [0.4, 0.5) is 0 Å². The monoisotopic (exact) mass is 271 g/mol. The highest BCUT2D eigenvalue weighted by Gasteiger charge is 2.30. The average Bonchev–Trinajstić information content (AvgIpc) is 2.81. The Balaban J connectivity index is 1.89. The van der Waals surface area contributed by atoms with Gasteiger partial charge in [0.25, 0.3) is 0 Å². The molecule has 1 amide bonds. The number of amides is 1. The Bertz CT molecular complexity index is 253. The van der Waals surface area contributed by atoms with E-state index in [4.69, 9.17) is 11.6 Å². The maximum Gasteiger partial charge on any atom is 0.240 e. The molecule has 0 N–H and O–H groups in total. The summed E-state index contributed by atoms with van der Waals surface area (Å²) in [6.45, 7) is 1.85. The molecule has 0 radical (unpaired) electrons. The van der Waals surface area contributed by atoms with Crippen LogP contribution in [0.2, 0.25) is 0 Å². The minimum Gasteiger partial charge on any atom is -0.341 e. The first-order chi connectivity index (χ1) is 8.79. The van der Waals surface area contributed by atoms with Gasteiger partial charge < -0.3 is 4.90 Å². The first-order valence-electron chi connectivity index (χ1n) is 7.72. The molecule has 104 valence electrons. The molecule has 0 aromatic heterocycles. The van der Waals surface area contributed by atoms with Gasteiger partial charge in [-0.1, -0.05) is 38.5 Å². The lowest BCUT2D eigenvalue weighted by Gasteiger charge is -2.27. The molecule has 0 spiro atoms. The zero-order valence-electron chi connectivity index (χ0n) is 11.4. The molecule has 0 aromatic carbocycles. The predicted octanol–water partition coefficient (Wildman–Crippen LogP) is 3.97. The number of carbonyl (C=O) groups excluding carboxylic acids is 1. The third kappa shape index (κ3) is 3.88. The van der Waals surface area contributed by atoms with Crippen molar-refractivity contribution < 1.29 is 4.79 Å². The minimum absolute atomic E-state index is 0.213. The number of rotatable bonds is 2. The predicted molar refractivity (Wildman–Crippen MR) is 75.9 cm³/mol. The Hall–Kier alpha value is -0.240. The number of hydrogen-bond donors (Lipinski definition) is 0. The molecule has 1 atom stereocenters. The number of hydrogen-bond acceptors (Lipinski definition) is 1. The van der Waals surface area contributed by atoms with Crippen molar-refractivity contribution in [3.8, 4) is 0 Å². The first kappa shape index (κ1) is 14.2. The Morgan fingerprint density at radius 1 is 0.889 bits per heavy atom. The zero-order chi connectivity index (χ0) is 12.8. The van der Waals surface area contributed by atoms with Crippen molar-refractivity contribution in [1.82, 2.24) is 4.90 Å². The molecular weight excluding hydrogens is 246 g/mol. The van der Waals surface area contributed by atoms with Crippen molar-refractivity contribution in [2.45, 2.75) is 69.6 Å². The fourth-order valence-electron chi connectivity index (χ4n) is 3.27. The van der Waals surface area contributed by atoms with Crippen molar-refractivity contribution in [1.29, 1.82) is 0 Å². The van der Waals surface area contributed by atoms with E-state index in [1.807, 2.05) is 4.90 Å². The summed E-state index contributed by atoms with van der Waals surface area (Å²) in [4.78, 5) is 14.5. The number of likely N-dealkylation sites (tertiary alicyclic amines) is 1. The van der Waals surface area contributed by atoms with E-state index >= 15 is 0 Å². The van der Waals surface area contributed by atoms with E-state index in [9.17, 15) is 4.79 Å². The summed E-state index contributed by atoms with van der Waals surface area (Å²) in [6.07, 6.45) is 12.3. The van der Waals surface area contributed by atoms with Gasteiger partial charge in [0.15, 0.2) is 0 Å². The molecule has 1 aliphatic heterocycles. The summed E-state index contributed by atoms with van der Waals surface area (Å²) < 4.78 is 0. The van der Waals surface area contributed by atoms with Crippen molar-refractivity contribution in [3.63, 3.8) is 0 Å². The van der Waals surface area contributed by atoms with Gasteiger partial charge in [0, 0.05) is 13.1 Å². The molecule has 2 aliphatic rings. The standard InChI is InChI=1S/C15H26ClNO/c16-14(13-9-5-1-2-6-10-13)15(18)17-11-7-3-4-8-12-17/h13-14H,1-12H2. The zero-order valence-corrected chi connectivity index (χ0v) is 12.1. The number of carbonyl (C=O) groups is 1. The Kier molecular flexibility index (Phi) is 5.81. The molecular formula is C15H26ClNO. The highest BCUT2D eigenvalue weighted by molar-refractivity contribution is 6.30. The third-order valence-electron chi connectivity index (χ3n) is 4.47. The molecule has 2 fully saturated rings. The smallest absolute Gasteiger partial charge is 0.240 e. The molecule has 2 rings (SSSR count). The van der Waals surface area contributed by atoms with Gasteiger partial charge >= 0.3 is 0 Å². The number of halogens is 1. The van der Waals surface area contributed by atoms with E-state index < -0.39 is 0 Å². The molecule has 1 saturated heterocycles. The molecule has 1 heterocycles. The summed E-state index contributed by atoms with van der Waals surface area (Å²) >= 11 is 6.48. The number of alkyl halides is 1. The lowest BCUT2D eigenvalue weighted by molar-refractivity contribution is -0.131. The second-order valence-corrected chi connectivity index (χ2v) is 6.36. The Morgan fingerprint density at radius 2 is 1.39 bits per heavy atom. The van der Waals surface area contributed by atoms with E-state index in [1.54, 1.807) is 0 Å². The van der Waals surface area contributed by atoms with Crippen LogP contribution in [-0.2, 0) is 4.79 Å². The summed E-state index contributed by atoms with van der Waals surface area (Å²) in [5.74, 6) is 0.635. The fraction of sp³-hybridized carbons (Fsp3) is 0.933. The van der Waals surface area contributed by atoms with Crippen LogP contribution in [0.3, 0.4) is 0 Å². The topological polar surface area (TPSA) is 20.3 Å². The molecule has 3 heteroatoms. The largest absolute Gasteiger partial charge is 0.341 e. The normalized spacial score (nSPS) is 25.3. The van der Waals surface area contributed by atoms with Crippen LogP contribution >= 0.6 is 11.6 Å². The second kappa shape index (κ2) is 7.37. The van der Waals surface area contributed by atoms with Gasteiger partial charge in [0.05, 0.1) is 0 Å². The van der Waals surface area contributed by atoms with Gasteiger partial charge in [0.2, 0.25) is 5.91 Å². The highest BCUT2D eigenvalue weighted by atomic mass is 35.5. The van der Waals surface area contributed by atoms with E-state index in [-0.39, 0.29) is 11.3 Å². The van der Waals surface area contributed by atoms with Crippen molar-refractivity contribution in [2.75, 3.05) is 13.1 Å². The van der Waals surface area contributed by atoms with Crippen LogP contribution in [-0.4, -0.2) is 29.3 Å². The quantitative estimate of drug-likeness (QED) is 0.550. The van der Waals surface area contributed by atoms with Crippen molar-refractivity contribution in [3.05, 3.63) is 0 Å². The lowest BCUT2D eigenvalue weighted by Crippen LogP contribution is -2.40. The summed E-state index contributed by atoms with van der Waals surface area (Å²) in [7, 11) is 0. The second-order valence-electron chi connectivity index (χ2n) is 5.89. The molecule has 0 bridgehead atoms. The van der Waals surface area contributed by atoms with E-state index in [2.05, 4.69) is 0 Å². The molecule has 1 aliphatic carbocycles. The molecule has 2 nitrogen and oxygen atoms in total. The SMILES string of the molecule is O=C(C(Cl)C1CCCCCC1)N1CCCCCC1. The fourth-order valence-corrected chi connectivity index (χ4v) is 3.66. The van der Waals surface area contributed by atoms with E-state index in [1.165, 1.54) is 38.5 Å². The van der Waals surface area contributed by atoms with Crippen molar-refractivity contribution in [2.24, 2.45) is 5.92 Å². The van der Waals surface area contributed by atoms with Crippen LogP contribution in [0.1, 0.15) is 64.2 Å². The van der Waals surface area contributed by atoms with E-state index in [0.29, 0.717) is 5.92 Å². The van der Waals surface area contributed by atoms with Crippen LogP contribution in [0.25, 0.3) is 0 Å². The van der Waals surface area contributed by atoms with Crippen LogP contribution in [0.5, 0.6) is 0 Å². The summed E-state index contributed by atoms with van der Waals surface area (Å²) in [5, 5.41) is -0.263. The van der Waals surface area contributed by atoms with E-state index in [0.717, 1.165) is 38.8 Å². The van der Waals surface area contributed by atoms with Crippen LogP contribution < -0.4 is 0 Å². The van der Waals surface area contributed by atoms with Crippen LogP contribution in [0.15, 0.2) is 0 Å². The van der Waals surface area contributed by atoms with Gasteiger partial charge in [-0.2, -0.15) is 0 Å². The first-order valence-corrected chi connectivity index (χ1v) is 8.15. The summed E-state index contributed by atoms with van der Waals surface area (Å²) in [5.41, 5.74) is 0. The molecule has 1 unspecified atom stereocenters. The highest BCUT2D eigenvalue weighted by Crippen LogP contribution is 2.29. The minimum atomic E-state index is -0.263. The van der Waals surface area contributed by atoms with Gasteiger partial charge in [-0.05, 0) is 31.6 Å². The van der Waals surface area contributed by atoms with Gasteiger partial charge in [-0.3, -0.25) is 4.79 Å². The average molecular weight is 272 g/mol. The van der Waals surface area contributed by atoms with Crippen molar-refractivity contribution >= 4 is 17.5 Å². The Morgan fingerprint density at radius 3 is 1.94 bits per heavy atom. The van der Waals surface area contributed by atoms with Gasteiger partial charge in [-0.15, -0.1) is 11.6 Å². The molecule has 18 heavy (non-hydrogen) atoms. The maximum atomic E-state index is 12.5. The molecule has 0 aromatic rings. The van der Waals surface area contributed by atoms with Gasteiger partial charge in [-0.25, -0.2) is 0 Å². The maximum absolute atomic E-state index is 12.5. The lowest BCUT2D eigenvalue weighted by atomic mass is 9.95. The Labute approximate surface area is 116 Å².